The van der Waals surface area contributed by atoms with Gasteiger partial charge in [0.25, 0.3) is 0 Å². The summed E-state index contributed by atoms with van der Waals surface area (Å²) in [5, 5.41) is 4.53. The van der Waals surface area contributed by atoms with Crippen LogP contribution < -0.4 is 15.6 Å². The maximum atomic E-state index is 2.66. The summed E-state index contributed by atoms with van der Waals surface area (Å²) in [5.41, 5.74) is 11.2. The molecule has 5 heteroatoms. The quantitative estimate of drug-likeness (QED) is 0.142. The first-order valence-electron chi connectivity index (χ1n) is 19.9. The van der Waals surface area contributed by atoms with Crippen molar-refractivity contribution >= 4 is 66.9 Å². The van der Waals surface area contributed by atoms with Gasteiger partial charge < -0.3 is 0 Å². The number of halogens is 3. The van der Waals surface area contributed by atoms with Crippen LogP contribution in [-0.2, 0) is 56.3 Å². The molecule has 305 valence electrons. The Labute approximate surface area is 374 Å². The van der Waals surface area contributed by atoms with E-state index < -0.39 is 8.07 Å². The van der Waals surface area contributed by atoms with Crippen molar-refractivity contribution in [2.45, 2.75) is 160 Å². The summed E-state index contributed by atoms with van der Waals surface area (Å²) in [5.74, 6) is 0. The maximum absolute atomic E-state index is 3.11. The normalized spacial score (nSPS) is 16.4. The molecule has 1 aliphatic rings. The van der Waals surface area contributed by atoms with E-state index in [1.54, 1.807) is 0 Å². The van der Waals surface area contributed by atoms with Gasteiger partial charge in [0.1, 0.15) is 0 Å². The zero-order valence-electron chi connectivity index (χ0n) is 37.9. The Morgan fingerprint density at radius 1 is 0.393 bits per heavy atom. The zero-order chi connectivity index (χ0) is 40.0. The van der Waals surface area contributed by atoms with Gasteiger partial charge in [-0.15, -0.1) is 37.2 Å². The summed E-state index contributed by atoms with van der Waals surface area (Å²) in [6.07, 6.45) is 5.05. The Bertz CT molecular complexity index is 1770. The van der Waals surface area contributed by atoms with Crippen LogP contribution in [0.15, 0.2) is 84.9 Å². The summed E-state index contributed by atoms with van der Waals surface area (Å²) >= 11 is 2.60. The van der Waals surface area contributed by atoms with Gasteiger partial charge in [-0.3, -0.25) is 0 Å². The van der Waals surface area contributed by atoms with Gasteiger partial charge in [-0.2, -0.15) is 0 Å². The van der Waals surface area contributed by atoms with Crippen LogP contribution >= 0.6 is 37.2 Å². The fraction of sp³-hybridized carbons (Fsp3) is 0.490. The van der Waals surface area contributed by atoms with E-state index in [1.807, 2.05) is 0 Å². The Morgan fingerprint density at radius 2 is 0.643 bits per heavy atom. The Balaban J connectivity index is 0.00000361. The van der Waals surface area contributed by atoms with Gasteiger partial charge in [-0.25, -0.2) is 0 Å². The third-order valence-corrected chi connectivity index (χ3v) is 19.3. The number of hydrogen-bond donors (Lipinski definition) is 0. The SMILES string of the molecule is CC(C)(C)c1cc(C(C)(C)C)cc([Si](c2cc(C(C)(C)C)cc(C(C)(C)C)c2)(c2cc(C(C)(C)C)cc(C(C)(C)C)c2)[C]2([Ti])C=Cc3ccccc32)c1.Cl.Cl.Cl. The summed E-state index contributed by atoms with van der Waals surface area (Å²) in [6.45, 7) is 43.1. The van der Waals surface area contributed by atoms with E-state index in [1.165, 1.54) is 60.1 Å². The van der Waals surface area contributed by atoms with Crippen molar-refractivity contribution in [2.24, 2.45) is 0 Å². The number of allylic oxidation sites excluding steroid dienone is 1. The van der Waals surface area contributed by atoms with Gasteiger partial charge in [-0.05, 0) is 0 Å². The number of hydrogen-bond acceptors (Lipinski definition) is 0. The minimum atomic E-state index is -3.11. The molecule has 0 radical (unpaired) electrons. The van der Waals surface area contributed by atoms with Crippen LogP contribution in [0.2, 0.25) is 0 Å². The number of fused-ring (bicyclic) bond motifs is 1. The molecule has 0 heterocycles. The molecule has 1 atom stereocenters. The van der Waals surface area contributed by atoms with Crippen molar-refractivity contribution in [2.75, 3.05) is 0 Å². The Morgan fingerprint density at radius 3 is 0.893 bits per heavy atom. The molecule has 1 aliphatic carbocycles. The minimum absolute atomic E-state index is 0. The molecular formula is C51H72Cl3SiTi. The molecule has 0 spiro atoms. The fourth-order valence-corrected chi connectivity index (χ4v) is 16.0. The molecule has 0 nitrogen and oxygen atoms in total. The molecule has 4 aromatic carbocycles. The second-order valence-electron chi connectivity index (χ2n) is 22.4. The molecule has 56 heavy (non-hydrogen) atoms. The van der Waals surface area contributed by atoms with Crippen molar-refractivity contribution in [1.82, 2.24) is 0 Å². The van der Waals surface area contributed by atoms with E-state index >= 15 is 0 Å². The standard InChI is InChI=1S/C51H69Si.3ClH.Ti/c1-46(2,3)35-25-36(47(4,5)6)29-41(28-35)52(45-24-23-34-21-19-20-22-44(34)45,42-30-37(48(7,8)9)26-38(31-42)49(10,11)12)43-32-39(50(13,14)15)27-40(33-43)51(16,17)18;;;;/h19-33H,1-18H3;3*1H;. The molecule has 0 aromatic heterocycles. The van der Waals surface area contributed by atoms with Crippen LogP contribution in [0.1, 0.15) is 169 Å². The molecule has 0 saturated heterocycles. The maximum Gasteiger partial charge on any atom is -0.147 e. The first-order chi connectivity index (χ1) is 23.9. The van der Waals surface area contributed by atoms with E-state index in [2.05, 4.69) is 236 Å². The van der Waals surface area contributed by atoms with E-state index in [0.717, 1.165) is 0 Å². The van der Waals surface area contributed by atoms with Crippen molar-refractivity contribution in [3.05, 3.63) is 129 Å². The molecule has 0 fully saturated rings. The van der Waals surface area contributed by atoms with E-state index in [9.17, 15) is 0 Å². The van der Waals surface area contributed by atoms with Crippen LogP contribution in [0.5, 0.6) is 0 Å². The first-order valence-corrected chi connectivity index (χ1v) is 22.7. The molecular weight excluding hydrogens is 795 g/mol. The van der Waals surface area contributed by atoms with Gasteiger partial charge in [0.2, 0.25) is 0 Å². The third-order valence-electron chi connectivity index (χ3n) is 11.8. The van der Waals surface area contributed by atoms with Crippen LogP contribution in [0.25, 0.3) is 6.08 Å². The van der Waals surface area contributed by atoms with Crippen LogP contribution in [0, 0.1) is 0 Å². The molecule has 1 unspecified atom stereocenters. The van der Waals surface area contributed by atoms with Gasteiger partial charge in [0, 0.05) is 0 Å². The number of benzene rings is 4. The van der Waals surface area contributed by atoms with E-state index in [0.29, 0.717) is 0 Å². The largest absolute Gasteiger partial charge is 0.147 e. The summed E-state index contributed by atoms with van der Waals surface area (Å²) in [6, 6.07) is 32.7. The molecule has 5 rings (SSSR count). The van der Waals surface area contributed by atoms with E-state index in [-0.39, 0.29) is 73.1 Å². The van der Waals surface area contributed by atoms with Crippen LogP contribution in [0.3, 0.4) is 0 Å². The van der Waals surface area contributed by atoms with Gasteiger partial charge >= 0.3 is 340 Å². The molecule has 0 saturated carbocycles. The minimum Gasteiger partial charge on any atom is -0.147 e. The first kappa shape index (κ1) is 50.6. The Kier molecular flexibility index (Phi) is 14.9. The molecule has 0 amide bonds. The van der Waals surface area contributed by atoms with E-state index in [4.69, 9.17) is 0 Å². The smallest absolute Gasteiger partial charge is 0.147 e. The molecule has 0 aliphatic heterocycles. The second kappa shape index (κ2) is 16.5. The van der Waals surface area contributed by atoms with Crippen molar-refractivity contribution < 1.29 is 20.4 Å². The van der Waals surface area contributed by atoms with Crippen LogP contribution in [-0.4, -0.2) is 8.07 Å². The molecule has 0 N–H and O–H groups in total. The summed E-state index contributed by atoms with van der Waals surface area (Å²) in [4.78, 5) is 0. The Hall–Kier alpha value is -1.58. The second-order valence-corrected chi connectivity index (χ2v) is 28.4. The van der Waals surface area contributed by atoms with Crippen molar-refractivity contribution in [1.29, 1.82) is 0 Å². The van der Waals surface area contributed by atoms with Crippen molar-refractivity contribution in [3.8, 4) is 0 Å². The van der Waals surface area contributed by atoms with Gasteiger partial charge in [0.15, 0.2) is 0 Å². The van der Waals surface area contributed by atoms with Gasteiger partial charge in [-0.1, -0.05) is 0 Å². The topological polar surface area (TPSA) is 0 Å². The molecule has 0 bridgehead atoms. The zero-order valence-corrected chi connectivity index (χ0v) is 42.9. The van der Waals surface area contributed by atoms with Crippen LogP contribution in [0.4, 0.5) is 0 Å². The predicted molar refractivity (Wildman–Crippen MR) is 255 cm³/mol. The number of rotatable bonds is 4. The summed E-state index contributed by atoms with van der Waals surface area (Å²) < 4.78 is -0.285. The van der Waals surface area contributed by atoms with Gasteiger partial charge in [0.05, 0.1) is 0 Å². The predicted octanol–water partition coefficient (Wildman–Crippen LogP) is 13.2. The fourth-order valence-electron chi connectivity index (χ4n) is 7.95. The van der Waals surface area contributed by atoms with Crippen molar-refractivity contribution in [3.63, 3.8) is 0 Å². The monoisotopic (exact) mass is 865 g/mol. The third kappa shape index (κ3) is 9.56. The average molecular weight is 867 g/mol. The summed E-state index contributed by atoms with van der Waals surface area (Å²) in [7, 11) is -3.11. The average Bonchev–Trinajstić information content (AvgIpc) is 3.36. The molecule has 4 aromatic rings.